The molecule has 0 unspecified atom stereocenters. The third kappa shape index (κ3) is 3.78. The molecule has 1 heterocycles. The predicted molar refractivity (Wildman–Crippen MR) is 97.3 cm³/mol. The van der Waals surface area contributed by atoms with Crippen molar-refractivity contribution in [2.75, 3.05) is 25.1 Å². The average Bonchev–Trinajstić information content (AvgIpc) is 2.67. The largest absolute Gasteiger partial charge is 0.492 e. The van der Waals surface area contributed by atoms with Gasteiger partial charge in [0.25, 0.3) is 5.91 Å². The van der Waals surface area contributed by atoms with Gasteiger partial charge in [0.15, 0.2) is 11.5 Å². The fourth-order valence-corrected chi connectivity index (χ4v) is 2.55. The van der Waals surface area contributed by atoms with Crippen LogP contribution in [0.1, 0.15) is 12.5 Å². The van der Waals surface area contributed by atoms with E-state index in [0.29, 0.717) is 48.3 Å². The summed E-state index contributed by atoms with van der Waals surface area (Å²) >= 11 is 0. The number of amides is 1. The maximum absolute atomic E-state index is 12.5. The Labute approximate surface area is 151 Å². The highest BCUT2D eigenvalue weighted by atomic mass is 16.6. The first-order valence-corrected chi connectivity index (χ1v) is 8.26. The van der Waals surface area contributed by atoms with Crippen molar-refractivity contribution in [3.05, 3.63) is 53.6 Å². The molecule has 2 aromatic rings. The Bertz CT molecular complexity index is 884. The first-order chi connectivity index (χ1) is 12.7. The van der Waals surface area contributed by atoms with E-state index in [4.69, 9.17) is 14.2 Å². The van der Waals surface area contributed by atoms with E-state index < -0.39 is 5.91 Å². The zero-order chi connectivity index (χ0) is 18.4. The van der Waals surface area contributed by atoms with E-state index in [0.717, 1.165) is 0 Å². The Morgan fingerprint density at radius 1 is 1.23 bits per heavy atom. The van der Waals surface area contributed by atoms with Crippen LogP contribution >= 0.6 is 0 Å². The summed E-state index contributed by atoms with van der Waals surface area (Å²) < 4.78 is 16.6. The Morgan fingerprint density at radius 3 is 2.85 bits per heavy atom. The number of nitrogens with zero attached hydrogens (tertiary/aromatic N) is 1. The quantitative estimate of drug-likeness (QED) is 0.660. The van der Waals surface area contributed by atoms with Crippen LogP contribution < -0.4 is 19.5 Å². The highest BCUT2D eigenvalue weighted by Crippen LogP contribution is 2.35. The van der Waals surface area contributed by atoms with Gasteiger partial charge in [-0.1, -0.05) is 24.3 Å². The summed E-state index contributed by atoms with van der Waals surface area (Å²) in [5.41, 5.74) is 1.08. The van der Waals surface area contributed by atoms with Gasteiger partial charge in [-0.3, -0.25) is 4.79 Å². The van der Waals surface area contributed by atoms with Gasteiger partial charge in [0.2, 0.25) is 0 Å². The minimum Gasteiger partial charge on any atom is -0.492 e. The van der Waals surface area contributed by atoms with Gasteiger partial charge in [0.05, 0.1) is 12.3 Å². The molecule has 2 aromatic carbocycles. The number of carbonyl (C=O) groups is 1. The molecule has 1 amide bonds. The molecule has 26 heavy (non-hydrogen) atoms. The van der Waals surface area contributed by atoms with Crippen LogP contribution in [0.5, 0.6) is 17.2 Å². The fraction of sp³-hybridized carbons (Fsp3) is 0.200. The van der Waals surface area contributed by atoms with E-state index in [1.165, 1.54) is 6.08 Å². The van der Waals surface area contributed by atoms with Gasteiger partial charge >= 0.3 is 0 Å². The molecule has 0 spiro atoms. The summed E-state index contributed by atoms with van der Waals surface area (Å²) in [6.07, 6.45) is 1.49. The third-order valence-corrected chi connectivity index (χ3v) is 3.70. The summed E-state index contributed by atoms with van der Waals surface area (Å²) in [4.78, 5) is 12.5. The summed E-state index contributed by atoms with van der Waals surface area (Å²) in [6, 6.07) is 14.4. The van der Waals surface area contributed by atoms with E-state index in [-0.39, 0.29) is 5.57 Å². The first kappa shape index (κ1) is 17.4. The second-order valence-corrected chi connectivity index (χ2v) is 5.42. The molecule has 1 aliphatic rings. The zero-order valence-electron chi connectivity index (χ0n) is 14.3. The van der Waals surface area contributed by atoms with Crippen LogP contribution in [0.25, 0.3) is 6.08 Å². The molecule has 0 fully saturated rings. The van der Waals surface area contributed by atoms with Crippen molar-refractivity contribution >= 4 is 17.7 Å². The van der Waals surface area contributed by atoms with E-state index >= 15 is 0 Å². The molecule has 0 saturated carbocycles. The van der Waals surface area contributed by atoms with Crippen molar-refractivity contribution < 1.29 is 19.0 Å². The lowest BCUT2D eigenvalue weighted by molar-refractivity contribution is -0.112. The van der Waals surface area contributed by atoms with Crippen LogP contribution in [0.3, 0.4) is 0 Å². The van der Waals surface area contributed by atoms with Crippen molar-refractivity contribution in [1.82, 2.24) is 0 Å². The molecule has 0 aromatic heterocycles. The van der Waals surface area contributed by atoms with Crippen LogP contribution in [0.4, 0.5) is 5.69 Å². The van der Waals surface area contributed by atoms with Gasteiger partial charge in [-0.2, -0.15) is 5.26 Å². The molecule has 3 rings (SSSR count). The Kier molecular flexibility index (Phi) is 5.40. The standard InChI is InChI=1S/C20H18N2O4/c1-2-24-17-8-4-3-7-16(17)22-20(23)15(13-21)12-14-6-5-9-18-19(14)26-11-10-25-18/h3-9,12H,2,10-11H2,1H3,(H,22,23)/b15-12-. The van der Waals surface area contributed by atoms with Crippen molar-refractivity contribution in [2.45, 2.75) is 6.92 Å². The molecule has 1 aliphatic heterocycles. The minimum absolute atomic E-state index is 0.0427. The van der Waals surface area contributed by atoms with Gasteiger partial charge < -0.3 is 19.5 Å². The Morgan fingerprint density at radius 2 is 2.04 bits per heavy atom. The van der Waals surface area contributed by atoms with Crippen LogP contribution in [0.2, 0.25) is 0 Å². The number of hydrogen-bond acceptors (Lipinski definition) is 5. The van der Waals surface area contributed by atoms with E-state index in [2.05, 4.69) is 5.32 Å². The molecule has 0 bridgehead atoms. The molecule has 0 saturated heterocycles. The third-order valence-electron chi connectivity index (χ3n) is 3.70. The molecule has 132 valence electrons. The highest BCUT2D eigenvalue weighted by Gasteiger charge is 2.17. The SMILES string of the molecule is CCOc1ccccc1NC(=O)/C(C#N)=C\c1cccc2c1OCCO2. The Balaban J connectivity index is 1.87. The van der Waals surface area contributed by atoms with Gasteiger partial charge in [0.1, 0.15) is 30.6 Å². The molecule has 6 heteroatoms. The lowest BCUT2D eigenvalue weighted by Crippen LogP contribution is -2.16. The molecule has 0 aliphatic carbocycles. The van der Waals surface area contributed by atoms with Crippen molar-refractivity contribution in [1.29, 1.82) is 5.26 Å². The number of nitrogens with one attached hydrogen (secondary N) is 1. The molecular formula is C20H18N2O4. The lowest BCUT2D eigenvalue weighted by Gasteiger charge is -2.19. The van der Waals surface area contributed by atoms with Crippen LogP contribution in [0.15, 0.2) is 48.0 Å². The van der Waals surface area contributed by atoms with Crippen LogP contribution in [-0.2, 0) is 4.79 Å². The average molecular weight is 350 g/mol. The number of rotatable bonds is 5. The lowest BCUT2D eigenvalue weighted by atomic mass is 10.1. The van der Waals surface area contributed by atoms with Gasteiger partial charge in [-0.25, -0.2) is 0 Å². The van der Waals surface area contributed by atoms with Gasteiger partial charge in [0, 0.05) is 5.56 Å². The minimum atomic E-state index is -0.519. The van der Waals surface area contributed by atoms with Crippen molar-refractivity contribution in [3.63, 3.8) is 0 Å². The summed E-state index contributed by atoms with van der Waals surface area (Å²) in [5.74, 6) is 1.17. The van der Waals surface area contributed by atoms with Crippen molar-refractivity contribution in [2.24, 2.45) is 0 Å². The number of benzene rings is 2. The van der Waals surface area contributed by atoms with Gasteiger partial charge in [-0.05, 0) is 31.2 Å². The fourth-order valence-electron chi connectivity index (χ4n) is 2.55. The predicted octanol–water partition coefficient (Wildman–Crippen LogP) is 3.40. The summed E-state index contributed by atoms with van der Waals surface area (Å²) in [5, 5.41) is 12.1. The van der Waals surface area contributed by atoms with E-state index in [9.17, 15) is 10.1 Å². The number of para-hydroxylation sites is 3. The van der Waals surface area contributed by atoms with E-state index in [1.807, 2.05) is 19.1 Å². The van der Waals surface area contributed by atoms with Crippen LogP contribution in [0, 0.1) is 11.3 Å². The normalized spacial score (nSPS) is 12.8. The number of hydrogen-bond donors (Lipinski definition) is 1. The maximum atomic E-state index is 12.5. The molecule has 1 N–H and O–H groups in total. The molecule has 0 atom stereocenters. The molecular weight excluding hydrogens is 332 g/mol. The smallest absolute Gasteiger partial charge is 0.266 e. The number of nitriles is 1. The summed E-state index contributed by atoms with van der Waals surface area (Å²) in [7, 11) is 0. The topological polar surface area (TPSA) is 80.6 Å². The van der Waals surface area contributed by atoms with Crippen molar-refractivity contribution in [3.8, 4) is 23.3 Å². The molecule has 6 nitrogen and oxygen atoms in total. The first-order valence-electron chi connectivity index (χ1n) is 8.26. The number of fused-ring (bicyclic) bond motifs is 1. The zero-order valence-corrected chi connectivity index (χ0v) is 14.3. The second kappa shape index (κ2) is 8.08. The van der Waals surface area contributed by atoms with Gasteiger partial charge in [-0.15, -0.1) is 0 Å². The van der Waals surface area contributed by atoms with E-state index in [1.54, 1.807) is 36.4 Å². The number of ether oxygens (including phenoxy) is 3. The molecule has 0 radical (unpaired) electrons. The summed E-state index contributed by atoms with van der Waals surface area (Å²) in [6.45, 7) is 3.23. The highest BCUT2D eigenvalue weighted by molar-refractivity contribution is 6.10. The van der Waals surface area contributed by atoms with Crippen LogP contribution in [-0.4, -0.2) is 25.7 Å². The monoisotopic (exact) mass is 350 g/mol. The Hall–Kier alpha value is -3.46. The number of anilines is 1. The maximum Gasteiger partial charge on any atom is 0.266 e. The number of carbonyl (C=O) groups excluding carboxylic acids is 1. The second-order valence-electron chi connectivity index (χ2n) is 5.42.